The normalized spacial score (nSPS) is 17.9. The number of hydrogen-bond donors (Lipinski definition) is 1. The Labute approximate surface area is 129 Å². The van der Waals surface area contributed by atoms with Crippen molar-refractivity contribution in [2.24, 2.45) is 4.99 Å². The second kappa shape index (κ2) is 5.85. The Hall–Kier alpha value is -2.27. The first-order chi connectivity index (χ1) is 10.9. The Morgan fingerprint density at radius 1 is 1.05 bits per heavy atom. The van der Waals surface area contributed by atoms with Gasteiger partial charge in [0.2, 0.25) is 0 Å². The Morgan fingerprint density at radius 3 is 2.77 bits per heavy atom. The van der Waals surface area contributed by atoms with E-state index in [0.717, 1.165) is 48.8 Å². The number of rotatable bonds is 3. The zero-order chi connectivity index (χ0) is 14.8. The molecule has 0 spiro atoms. The molecule has 4 rings (SSSR count). The number of pyridine rings is 2. The molecule has 0 atom stereocenters. The van der Waals surface area contributed by atoms with E-state index < -0.39 is 0 Å². The van der Waals surface area contributed by atoms with Gasteiger partial charge in [-0.05, 0) is 36.6 Å². The first kappa shape index (κ1) is 13.4. The summed E-state index contributed by atoms with van der Waals surface area (Å²) in [5.74, 6) is 0.923. The van der Waals surface area contributed by atoms with E-state index >= 15 is 0 Å². The summed E-state index contributed by atoms with van der Waals surface area (Å²) in [4.78, 5) is 13.7. The lowest BCUT2D eigenvalue weighted by atomic mass is 10.0. The van der Waals surface area contributed by atoms with Gasteiger partial charge >= 0.3 is 0 Å². The maximum atomic E-state index is 5.43. The van der Waals surface area contributed by atoms with E-state index in [-0.39, 0.29) is 0 Å². The minimum absolute atomic E-state index is 0.415. The predicted molar refractivity (Wildman–Crippen MR) is 85.3 cm³/mol. The Morgan fingerprint density at radius 2 is 1.95 bits per heavy atom. The second-order valence-corrected chi connectivity index (χ2v) is 5.60. The van der Waals surface area contributed by atoms with Gasteiger partial charge in [-0.1, -0.05) is 6.07 Å². The molecule has 2 aromatic heterocycles. The molecule has 0 saturated carbocycles. The van der Waals surface area contributed by atoms with Gasteiger partial charge in [0.25, 0.3) is 0 Å². The molecule has 2 aromatic rings. The summed E-state index contributed by atoms with van der Waals surface area (Å²) in [6.07, 6.45) is 5.69. The number of anilines is 1. The van der Waals surface area contributed by atoms with E-state index in [1.54, 1.807) is 6.20 Å². The van der Waals surface area contributed by atoms with Crippen LogP contribution in [0.2, 0.25) is 0 Å². The summed E-state index contributed by atoms with van der Waals surface area (Å²) in [5.41, 5.74) is 4.17. The fourth-order valence-corrected chi connectivity index (χ4v) is 3.00. The van der Waals surface area contributed by atoms with Crippen molar-refractivity contribution in [2.75, 3.05) is 18.5 Å². The van der Waals surface area contributed by atoms with Crippen molar-refractivity contribution in [2.45, 2.75) is 25.4 Å². The molecule has 1 saturated heterocycles. The van der Waals surface area contributed by atoms with Crippen LogP contribution >= 0.6 is 0 Å². The van der Waals surface area contributed by atoms with Gasteiger partial charge in [-0.25, -0.2) is 4.98 Å². The van der Waals surface area contributed by atoms with E-state index in [2.05, 4.69) is 20.3 Å². The van der Waals surface area contributed by atoms with E-state index in [1.165, 1.54) is 5.56 Å². The van der Waals surface area contributed by atoms with Gasteiger partial charge in [0, 0.05) is 37.2 Å². The Balaban J connectivity index is 1.67. The van der Waals surface area contributed by atoms with E-state index in [9.17, 15) is 0 Å². The summed E-state index contributed by atoms with van der Waals surface area (Å²) >= 11 is 0. The smallest absolute Gasteiger partial charge is 0.136 e. The molecule has 0 aliphatic carbocycles. The van der Waals surface area contributed by atoms with Crippen LogP contribution in [0.15, 0.2) is 41.7 Å². The molecule has 0 aromatic carbocycles. The first-order valence-electron chi connectivity index (χ1n) is 7.70. The van der Waals surface area contributed by atoms with Crippen LogP contribution in [-0.4, -0.2) is 34.9 Å². The molecule has 0 radical (unpaired) electrons. The van der Waals surface area contributed by atoms with E-state index in [1.807, 2.05) is 30.5 Å². The maximum Gasteiger partial charge on any atom is 0.136 e. The fraction of sp³-hybridized carbons (Fsp3) is 0.353. The molecule has 2 aliphatic heterocycles. The van der Waals surface area contributed by atoms with Crippen LogP contribution in [0, 0.1) is 0 Å². The molecule has 1 N–H and O–H groups in total. The van der Waals surface area contributed by atoms with Crippen molar-refractivity contribution >= 4 is 11.5 Å². The standard InChI is InChI=1S/C17H18N4O/c1-2-7-18-14(3-1)16-15-12(11-20-16)4-8-19-17(15)21-13-5-9-22-10-6-13/h1-4,7-8,13H,5-6,9-11H2,(H,19,21). The van der Waals surface area contributed by atoms with Crippen LogP contribution in [0.4, 0.5) is 5.82 Å². The number of fused-ring (bicyclic) bond motifs is 1. The molecule has 112 valence electrons. The van der Waals surface area contributed by atoms with Crippen LogP contribution < -0.4 is 5.32 Å². The average Bonchev–Trinajstić information content (AvgIpc) is 3.02. The van der Waals surface area contributed by atoms with Gasteiger partial charge in [-0.15, -0.1) is 0 Å². The van der Waals surface area contributed by atoms with Gasteiger partial charge in [-0.3, -0.25) is 9.98 Å². The largest absolute Gasteiger partial charge is 0.381 e. The van der Waals surface area contributed by atoms with Crippen LogP contribution in [0.25, 0.3) is 0 Å². The molecule has 4 heterocycles. The zero-order valence-corrected chi connectivity index (χ0v) is 12.3. The number of nitrogens with zero attached hydrogens (tertiary/aromatic N) is 3. The lowest BCUT2D eigenvalue weighted by Gasteiger charge is -2.24. The summed E-state index contributed by atoms with van der Waals surface area (Å²) in [5, 5.41) is 3.58. The van der Waals surface area contributed by atoms with Crippen molar-refractivity contribution in [3.63, 3.8) is 0 Å². The van der Waals surface area contributed by atoms with Crippen molar-refractivity contribution < 1.29 is 4.74 Å². The van der Waals surface area contributed by atoms with Crippen LogP contribution in [0.5, 0.6) is 0 Å². The highest BCUT2D eigenvalue weighted by molar-refractivity contribution is 6.16. The number of hydrogen-bond acceptors (Lipinski definition) is 5. The third-order valence-corrected chi connectivity index (χ3v) is 4.15. The minimum atomic E-state index is 0.415. The lowest BCUT2D eigenvalue weighted by molar-refractivity contribution is 0.0904. The molecule has 0 bridgehead atoms. The number of ether oxygens (including phenoxy) is 1. The second-order valence-electron chi connectivity index (χ2n) is 5.60. The molecule has 5 nitrogen and oxygen atoms in total. The van der Waals surface area contributed by atoms with Crippen LogP contribution in [-0.2, 0) is 11.3 Å². The van der Waals surface area contributed by atoms with Crippen molar-refractivity contribution in [3.05, 3.63) is 53.5 Å². The van der Waals surface area contributed by atoms with Gasteiger partial charge in [0.1, 0.15) is 5.82 Å². The number of aromatic nitrogens is 2. The molecule has 0 amide bonds. The Kier molecular flexibility index (Phi) is 3.56. The molecule has 22 heavy (non-hydrogen) atoms. The average molecular weight is 294 g/mol. The molecule has 1 fully saturated rings. The van der Waals surface area contributed by atoms with Crippen molar-refractivity contribution in [1.29, 1.82) is 0 Å². The molecule has 2 aliphatic rings. The fourth-order valence-electron chi connectivity index (χ4n) is 3.00. The molecule has 5 heteroatoms. The van der Waals surface area contributed by atoms with E-state index in [4.69, 9.17) is 4.74 Å². The van der Waals surface area contributed by atoms with E-state index in [0.29, 0.717) is 12.6 Å². The van der Waals surface area contributed by atoms with Crippen LogP contribution in [0.3, 0.4) is 0 Å². The maximum absolute atomic E-state index is 5.43. The highest BCUT2D eigenvalue weighted by Crippen LogP contribution is 2.28. The third kappa shape index (κ3) is 2.48. The molecular weight excluding hydrogens is 276 g/mol. The molecular formula is C17H18N4O. The third-order valence-electron chi connectivity index (χ3n) is 4.15. The van der Waals surface area contributed by atoms with Crippen molar-refractivity contribution in [1.82, 2.24) is 9.97 Å². The highest BCUT2D eigenvalue weighted by Gasteiger charge is 2.24. The Bertz CT molecular complexity index is 693. The first-order valence-corrected chi connectivity index (χ1v) is 7.70. The minimum Gasteiger partial charge on any atom is -0.381 e. The highest BCUT2D eigenvalue weighted by atomic mass is 16.5. The van der Waals surface area contributed by atoms with Gasteiger partial charge in [-0.2, -0.15) is 0 Å². The monoisotopic (exact) mass is 294 g/mol. The summed E-state index contributed by atoms with van der Waals surface area (Å²) in [6, 6.07) is 8.37. The quantitative estimate of drug-likeness (QED) is 0.944. The SMILES string of the molecule is c1ccc(C2=NCc3ccnc(NC4CCOCC4)c32)nc1. The molecule has 0 unspecified atom stereocenters. The van der Waals surface area contributed by atoms with Gasteiger partial charge in [0.05, 0.1) is 18.0 Å². The van der Waals surface area contributed by atoms with Crippen molar-refractivity contribution in [3.8, 4) is 0 Å². The lowest BCUT2D eigenvalue weighted by Crippen LogP contribution is -2.29. The van der Waals surface area contributed by atoms with Gasteiger partial charge in [0.15, 0.2) is 0 Å². The summed E-state index contributed by atoms with van der Waals surface area (Å²) in [7, 11) is 0. The van der Waals surface area contributed by atoms with Gasteiger partial charge < -0.3 is 10.1 Å². The summed E-state index contributed by atoms with van der Waals surface area (Å²) < 4.78 is 5.43. The number of nitrogens with one attached hydrogen (secondary N) is 1. The number of aliphatic imine (C=N–C) groups is 1. The summed E-state index contributed by atoms with van der Waals surface area (Å²) in [6.45, 7) is 2.33. The topological polar surface area (TPSA) is 59.4 Å². The van der Waals surface area contributed by atoms with Crippen LogP contribution in [0.1, 0.15) is 29.7 Å². The predicted octanol–water partition coefficient (Wildman–Crippen LogP) is 2.42. The zero-order valence-electron chi connectivity index (χ0n) is 12.3.